The summed E-state index contributed by atoms with van der Waals surface area (Å²) in [4.78, 5) is 8.68. The van der Waals surface area contributed by atoms with Crippen LogP contribution in [0.5, 0.6) is 5.75 Å². The van der Waals surface area contributed by atoms with E-state index in [1.54, 1.807) is 0 Å². The molecule has 13 heavy (non-hydrogen) atoms. The van der Waals surface area contributed by atoms with Crippen molar-refractivity contribution in [3.63, 3.8) is 0 Å². The van der Waals surface area contributed by atoms with Gasteiger partial charge in [-0.3, -0.25) is 0 Å². The van der Waals surface area contributed by atoms with Crippen molar-refractivity contribution in [1.82, 2.24) is 0 Å². The van der Waals surface area contributed by atoms with Gasteiger partial charge in [0.15, 0.2) is 11.6 Å². The molecule has 0 saturated heterocycles. The highest BCUT2D eigenvalue weighted by molar-refractivity contribution is 9.10. The summed E-state index contributed by atoms with van der Waals surface area (Å²) in [5.41, 5.74) is 0. The van der Waals surface area contributed by atoms with Crippen LogP contribution in [0.1, 0.15) is 0 Å². The molecule has 0 fully saturated rings. The summed E-state index contributed by atoms with van der Waals surface area (Å²) in [7, 11) is 0. The van der Waals surface area contributed by atoms with Gasteiger partial charge < -0.3 is 9.42 Å². The molecule has 0 radical (unpaired) electrons. The van der Waals surface area contributed by atoms with E-state index in [9.17, 15) is 8.96 Å². The molecule has 0 aliphatic heterocycles. The molecule has 1 unspecified atom stereocenters. The van der Waals surface area contributed by atoms with Crippen LogP contribution in [0.25, 0.3) is 0 Å². The van der Waals surface area contributed by atoms with Crippen molar-refractivity contribution < 1.29 is 18.4 Å². The van der Waals surface area contributed by atoms with Crippen molar-refractivity contribution in [2.45, 2.75) is 0 Å². The van der Waals surface area contributed by atoms with Gasteiger partial charge in [-0.25, -0.2) is 8.96 Å². The van der Waals surface area contributed by atoms with Crippen molar-refractivity contribution in [2.24, 2.45) is 0 Å². The van der Waals surface area contributed by atoms with Crippen molar-refractivity contribution in [1.29, 1.82) is 0 Å². The molecule has 1 atom stereocenters. The first-order chi connectivity index (χ1) is 5.88. The molecule has 3 nitrogen and oxygen atoms in total. The van der Waals surface area contributed by atoms with Crippen LogP contribution >= 0.6 is 35.0 Å². The number of hydrogen-bond donors (Lipinski definition) is 2. The van der Waals surface area contributed by atoms with E-state index in [1.807, 2.05) is 0 Å². The Labute approximate surface area is 87.7 Å². The van der Waals surface area contributed by atoms with Crippen LogP contribution in [0.15, 0.2) is 22.7 Å². The number of halogens is 2. The lowest BCUT2D eigenvalue weighted by molar-refractivity contribution is 0.391. The minimum absolute atomic E-state index is 0.302. The molecule has 1 aromatic carbocycles. The number of benzene rings is 1. The van der Waals surface area contributed by atoms with Crippen LogP contribution in [0, 0.1) is 5.82 Å². The molecule has 0 bridgehead atoms. The van der Waals surface area contributed by atoms with E-state index in [4.69, 9.17) is 4.89 Å². The van der Waals surface area contributed by atoms with Crippen LogP contribution < -0.4 is 4.52 Å². The molecular formula is C6H5BrFO3PS. The highest BCUT2D eigenvalue weighted by Gasteiger charge is 2.16. The van der Waals surface area contributed by atoms with E-state index >= 15 is 0 Å². The Morgan fingerprint density at radius 3 is 2.69 bits per heavy atom. The van der Waals surface area contributed by atoms with Crippen molar-refractivity contribution in [3.8, 4) is 5.75 Å². The number of thiol groups is 1. The summed E-state index contributed by atoms with van der Waals surface area (Å²) < 4.78 is 28.5. The standard InChI is InChI=1S/C6H5BrFO3PS/c7-4-1-2-6(5(8)3-4)11-12(9,10)13/h1-3H,(H2,9,10,13). The van der Waals surface area contributed by atoms with Gasteiger partial charge in [-0.2, -0.15) is 0 Å². The van der Waals surface area contributed by atoms with Crippen LogP contribution in [0.3, 0.4) is 0 Å². The first kappa shape index (κ1) is 11.0. The molecular weight excluding hydrogens is 282 g/mol. The van der Waals surface area contributed by atoms with Crippen molar-refractivity contribution >= 4 is 35.0 Å². The summed E-state index contributed by atoms with van der Waals surface area (Å²) in [6.45, 7) is -3.99. The summed E-state index contributed by atoms with van der Waals surface area (Å²) >= 11 is 6.28. The van der Waals surface area contributed by atoms with E-state index in [0.717, 1.165) is 6.07 Å². The SMILES string of the molecule is O=P(O)(S)Oc1ccc(Br)cc1F. The third kappa shape index (κ3) is 3.68. The Balaban J connectivity index is 2.97. The predicted molar refractivity (Wildman–Crippen MR) is 53.5 cm³/mol. The third-order valence-electron chi connectivity index (χ3n) is 1.11. The monoisotopic (exact) mass is 286 g/mol. The lowest BCUT2D eigenvalue weighted by atomic mass is 10.3. The first-order valence-corrected chi connectivity index (χ1v) is 6.61. The molecule has 0 aliphatic carbocycles. The van der Waals surface area contributed by atoms with Gasteiger partial charge in [-0.15, -0.1) is 0 Å². The highest BCUT2D eigenvalue weighted by Crippen LogP contribution is 2.47. The van der Waals surface area contributed by atoms with Gasteiger partial charge in [0.25, 0.3) is 0 Å². The normalized spacial score (nSPS) is 15.1. The lowest BCUT2D eigenvalue weighted by Crippen LogP contribution is -1.89. The zero-order valence-electron chi connectivity index (χ0n) is 6.15. The van der Waals surface area contributed by atoms with E-state index in [-0.39, 0.29) is 5.75 Å². The maximum atomic E-state index is 13.0. The van der Waals surface area contributed by atoms with Crippen LogP contribution in [0.2, 0.25) is 0 Å². The van der Waals surface area contributed by atoms with E-state index in [2.05, 4.69) is 32.7 Å². The van der Waals surface area contributed by atoms with Gasteiger partial charge in [0.1, 0.15) is 0 Å². The van der Waals surface area contributed by atoms with Crippen molar-refractivity contribution in [2.75, 3.05) is 0 Å². The molecule has 0 aromatic heterocycles. The first-order valence-electron chi connectivity index (χ1n) is 3.09. The minimum Gasteiger partial charge on any atom is -0.414 e. The van der Waals surface area contributed by atoms with Crippen molar-refractivity contribution in [3.05, 3.63) is 28.5 Å². The molecule has 1 aromatic rings. The van der Waals surface area contributed by atoms with E-state index < -0.39 is 12.6 Å². The van der Waals surface area contributed by atoms with Gasteiger partial charge >= 0.3 is 6.80 Å². The molecule has 0 amide bonds. The summed E-state index contributed by atoms with van der Waals surface area (Å²) in [5.74, 6) is -1.03. The summed E-state index contributed by atoms with van der Waals surface area (Å²) in [5, 5.41) is 0. The fourth-order valence-corrected chi connectivity index (χ4v) is 1.68. The topological polar surface area (TPSA) is 46.5 Å². The molecule has 1 rings (SSSR count). The van der Waals surface area contributed by atoms with Gasteiger partial charge in [0.2, 0.25) is 0 Å². The number of hydrogen-bond acceptors (Lipinski definition) is 2. The Morgan fingerprint density at radius 1 is 1.62 bits per heavy atom. The van der Waals surface area contributed by atoms with Crippen LogP contribution in [-0.4, -0.2) is 4.89 Å². The molecule has 0 heterocycles. The van der Waals surface area contributed by atoms with E-state index in [0.29, 0.717) is 4.47 Å². The van der Waals surface area contributed by atoms with Crippen LogP contribution in [0.4, 0.5) is 4.39 Å². The predicted octanol–water partition coefficient (Wildman–Crippen LogP) is 3.00. The van der Waals surface area contributed by atoms with E-state index in [1.165, 1.54) is 12.1 Å². The smallest absolute Gasteiger partial charge is 0.414 e. The minimum atomic E-state index is -3.99. The van der Waals surface area contributed by atoms with Gasteiger partial charge in [-0.05, 0) is 30.4 Å². The fourth-order valence-electron chi connectivity index (χ4n) is 0.677. The van der Waals surface area contributed by atoms with Gasteiger partial charge in [0.05, 0.1) is 0 Å². The summed E-state index contributed by atoms with van der Waals surface area (Å²) in [6, 6.07) is 3.85. The lowest BCUT2D eigenvalue weighted by Gasteiger charge is -2.07. The highest BCUT2D eigenvalue weighted by atomic mass is 79.9. The van der Waals surface area contributed by atoms with Gasteiger partial charge in [0, 0.05) is 4.47 Å². The molecule has 0 aliphatic rings. The molecule has 7 heteroatoms. The molecule has 1 N–H and O–H groups in total. The average Bonchev–Trinajstić information content (AvgIpc) is 1.93. The average molecular weight is 287 g/mol. The number of rotatable bonds is 2. The third-order valence-corrected chi connectivity index (χ3v) is 2.28. The summed E-state index contributed by atoms with van der Waals surface area (Å²) in [6.07, 6.45) is 0. The molecule has 0 saturated carbocycles. The van der Waals surface area contributed by atoms with Crippen LogP contribution in [-0.2, 0) is 4.57 Å². The molecule has 0 spiro atoms. The second-order valence-corrected chi connectivity index (χ2v) is 5.75. The second kappa shape index (κ2) is 4.00. The van der Waals surface area contributed by atoms with Gasteiger partial charge in [-0.1, -0.05) is 15.9 Å². The maximum absolute atomic E-state index is 13.0. The Kier molecular flexibility index (Phi) is 3.40. The zero-order chi connectivity index (χ0) is 10.1. The quantitative estimate of drug-likeness (QED) is 0.649. The Bertz CT molecular complexity index is 367. The Hall–Kier alpha value is -0.0300. The second-order valence-electron chi connectivity index (χ2n) is 2.16. The fraction of sp³-hybridized carbons (Fsp3) is 0. The largest absolute Gasteiger partial charge is 0.434 e. The zero-order valence-corrected chi connectivity index (χ0v) is 9.52. The maximum Gasteiger partial charge on any atom is 0.434 e. The Morgan fingerprint density at radius 2 is 2.23 bits per heavy atom. The molecule has 72 valence electrons.